The van der Waals surface area contributed by atoms with Gasteiger partial charge in [-0.2, -0.15) is 0 Å². The minimum absolute atomic E-state index is 1.00. The molecule has 0 saturated carbocycles. The maximum absolute atomic E-state index is 3.89. The van der Waals surface area contributed by atoms with Crippen molar-refractivity contribution in [1.82, 2.24) is 0 Å². The predicted octanol–water partition coefficient (Wildman–Crippen LogP) is 3.48. The van der Waals surface area contributed by atoms with Gasteiger partial charge in [0, 0.05) is 0 Å². The van der Waals surface area contributed by atoms with Crippen molar-refractivity contribution in [2.24, 2.45) is 0 Å². The monoisotopic (exact) mass is 136 g/mol. The minimum atomic E-state index is 1.00. The predicted molar refractivity (Wildman–Crippen MR) is 48.0 cm³/mol. The smallest absolute Gasteiger partial charge is 0.0245 e. The van der Waals surface area contributed by atoms with Gasteiger partial charge >= 0.3 is 0 Å². The maximum Gasteiger partial charge on any atom is -0.0245 e. The van der Waals surface area contributed by atoms with E-state index in [-0.39, 0.29) is 0 Å². The molecule has 0 radical (unpaired) electrons. The highest BCUT2D eigenvalue weighted by Gasteiger charge is 1.93. The van der Waals surface area contributed by atoms with Crippen LogP contribution in [0.2, 0.25) is 0 Å². The van der Waals surface area contributed by atoms with Crippen LogP contribution in [0.5, 0.6) is 0 Å². The summed E-state index contributed by atoms with van der Waals surface area (Å²) < 4.78 is 0. The summed E-state index contributed by atoms with van der Waals surface area (Å²) in [6, 6.07) is 0. The van der Waals surface area contributed by atoms with E-state index in [1.54, 1.807) is 0 Å². The van der Waals surface area contributed by atoms with Crippen LogP contribution in [-0.4, -0.2) is 0 Å². The van der Waals surface area contributed by atoms with Gasteiger partial charge in [0.25, 0.3) is 0 Å². The zero-order chi connectivity index (χ0) is 8.15. The normalized spacial score (nSPS) is 9.00. The molecule has 0 aliphatic carbocycles. The molecule has 0 spiro atoms. The molecule has 0 aromatic rings. The van der Waals surface area contributed by atoms with Crippen molar-refractivity contribution in [2.45, 2.75) is 26.7 Å². The van der Waals surface area contributed by atoms with E-state index in [9.17, 15) is 0 Å². The molecule has 0 unspecified atom stereocenters. The lowest BCUT2D eigenvalue weighted by Crippen LogP contribution is -1.82. The molecule has 0 fully saturated rings. The van der Waals surface area contributed by atoms with E-state index < -0.39 is 0 Å². The first-order valence-corrected chi connectivity index (χ1v) is 3.52. The van der Waals surface area contributed by atoms with Crippen LogP contribution in [-0.2, 0) is 0 Å². The second-order valence-electron chi connectivity index (χ2n) is 2.84. The summed E-state index contributed by atoms with van der Waals surface area (Å²) in [5.41, 5.74) is 3.44. The molecule has 0 amide bonds. The first kappa shape index (κ1) is 9.22. The maximum atomic E-state index is 3.89. The fraction of sp³-hybridized carbons (Fsp3) is 0.400. The average Bonchev–Trinajstić information content (AvgIpc) is 1.82. The molecule has 0 atom stereocenters. The first-order chi connectivity index (χ1) is 4.54. The Morgan fingerprint density at radius 3 is 1.80 bits per heavy atom. The Balaban J connectivity index is 3.60. The van der Waals surface area contributed by atoms with E-state index in [2.05, 4.69) is 19.7 Å². The highest BCUT2D eigenvalue weighted by atomic mass is 14.0. The Kier molecular flexibility index (Phi) is 3.78. The second-order valence-corrected chi connectivity index (χ2v) is 2.84. The van der Waals surface area contributed by atoms with Gasteiger partial charge in [0.1, 0.15) is 0 Å². The molecular weight excluding hydrogens is 120 g/mol. The molecular formula is C10H16. The number of hydrogen-bond acceptors (Lipinski definition) is 0. The van der Waals surface area contributed by atoms with Crippen molar-refractivity contribution in [2.75, 3.05) is 0 Å². The van der Waals surface area contributed by atoms with Gasteiger partial charge in [0.15, 0.2) is 0 Å². The summed E-state index contributed by atoms with van der Waals surface area (Å²) in [5.74, 6) is 0. The summed E-state index contributed by atoms with van der Waals surface area (Å²) in [4.78, 5) is 0. The summed E-state index contributed by atoms with van der Waals surface area (Å²) in [5, 5.41) is 0. The van der Waals surface area contributed by atoms with Crippen molar-refractivity contribution < 1.29 is 0 Å². The molecule has 0 aromatic heterocycles. The van der Waals surface area contributed by atoms with Gasteiger partial charge in [-0.25, -0.2) is 0 Å². The SMILES string of the molecule is C=C(C)CCC(=C)C(=C)C. The molecule has 0 aromatic carbocycles. The van der Waals surface area contributed by atoms with Crippen LogP contribution in [0, 0.1) is 0 Å². The van der Waals surface area contributed by atoms with Crippen LogP contribution in [0.25, 0.3) is 0 Å². The summed E-state index contributed by atoms with van der Waals surface area (Å²) in [6.07, 6.45) is 2.04. The lowest BCUT2D eigenvalue weighted by Gasteiger charge is -2.02. The third-order valence-corrected chi connectivity index (χ3v) is 1.46. The molecule has 0 aliphatic heterocycles. The van der Waals surface area contributed by atoms with Gasteiger partial charge in [-0.05, 0) is 26.7 Å². The Bertz CT molecular complexity index is 161. The van der Waals surface area contributed by atoms with Crippen molar-refractivity contribution >= 4 is 0 Å². The fourth-order valence-corrected chi connectivity index (χ4v) is 0.578. The third kappa shape index (κ3) is 4.13. The standard InChI is InChI=1S/C10H16/c1-8(2)6-7-10(5)9(3)4/h1,3,5-7H2,2,4H3. The van der Waals surface area contributed by atoms with E-state index in [1.807, 2.05) is 13.8 Å². The van der Waals surface area contributed by atoms with E-state index in [0.29, 0.717) is 0 Å². The van der Waals surface area contributed by atoms with E-state index in [0.717, 1.165) is 24.0 Å². The molecule has 0 N–H and O–H groups in total. The Hall–Kier alpha value is -0.780. The van der Waals surface area contributed by atoms with Crippen LogP contribution in [0.15, 0.2) is 36.5 Å². The highest BCUT2D eigenvalue weighted by Crippen LogP contribution is 2.13. The van der Waals surface area contributed by atoms with Gasteiger partial charge in [-0.3, -0.25) is 0 Å². The summed E-state index contributed by atoms with van der Waals surface area (Å²) in [6.45, 7) is 15.5. The Morgan fingerprint density at radius 1 is 1.00 bits per heavy atom. The zero-order valence-electron chi connectivity index (χ0n) is 7.04. The molecule has 0 heteroatoms. The van der Waals surface area contributed by atoms with E-state index in [1.165, 1.54) is 5.57 Å². The van der Waals surface area contributed by atoms with Gasteiger partial charge < -0.3 is 0 Å². The third-order valence-electron chi connectivity index (χ3n) is 1.46. The topological polar surface area (TPSA) is 0 Å². The summed E-state index contributed by atoms with van der Waals surface area (Å²) >= 11 is 0. The number of allylic oxidation sites excluding steroid dienone is 3. The van der Waals surface area contributed by atoms with Gasteiger partial charge in [-0.15, -0.1) is 6.58 Å². The Labute approximate surface area is 64.0 Å². The highest BCUT2D eigenvalue weighted by molar-refractivity contribution is 5.23. The molecule has 0 nitrogen and oxygen atoms in total. The fourth-order valence-electron chi connectivity index (χ4n) is 0.578. The second kappa shape index (κ2) is 4.10. The molecule has 0 saturated heterocycles. The van der Waals surface area contributed by atoms with Gasteiger partial charge in [-0.1, -0.05) is 29.9 Å². The van der Waals surface area contributed by atoms with Crippen molar-refractivity contribution in [3.8, 4) is 0 Å². The largest absolute Gasteiger partial charge is 0.100 e. The van der Waals surface area contributed by atoms with E-state index >= 15 is 0 Å². The lowest BCUT2D eigenvalue weighted by atomic mass is 10.0. The van der Waals surface area contributed by atoms with Crippen molar-refractivity contribution in [3.05, 3.63) is 36.5 Å². The Morgan fingerprint density at radius 2 is 1.50 bits per heavy atom. The molecule has 10 heavy (non-hydrogen) atoms. The quantitative estimate of drug-likeness (QED) is 0.410. The van der Waals surface area contributed by atoms with Crippen LogP contribution >= 0.6 is 0 Å². The van der Waals surface area contributed by atoms with Crippen molar-refractivity contribution in [1.29, 1.82) is 0 Å². The number of rotatable bonds is 4. The zero-order valence-corrected chi connectivity index (χ0v) is 7.04. The average molecular weight is 136 g/mol. The molecule has 0 aliphatic rings. The lowest BCUT2D eigenvalue weighted by molar-refractivity contribution is 0.940. The molecule has 0 bridgehead atoms. The van der Waals surface area contributed by atoms with Gasteiger partial charge in [0.05, 0.1) is 0 Å². The molecule has 56 valence electrons. The van der Waals surface area contributed by atoms with Crippen LogP contribution < -0.4 is 0 Å². The summed E-state index contributed by atoms with van der Waals surface area (Å²) in [7, 11) is 0. The number of hydrogen-bond donors (Lipinski definition) is 0. The first-order valence-electron chi connectivity index (χ1n) is 3.52. The van der Waals surface area contributed by atoms with Crippen LogP contribution in [0.3, 0.4) is 0 Å². The van der Waals surface area contributed by atoms with Crippen molar-refractivity contribution in [3.63, 3.8) is 0 Å². The molecule has 0 heterocycles. The molecule has 0 rings (SSSR count). The minimum Gasteiger partial charge on any atom is -0.100 e. The van der Waals surface area contributed by atoms with Gasteiger partial charge in [0.2, 0.25) is 0 Å². The van der Waals surface area contributed by atoms with E-state index in [4.69, 9.17) is 0 Å². The van der Waals surface area contributed by atoms with Crippen LogP contribution in [0.4, 0.5) is 0 Å². The van der Waals surface area contributed by atoms with Crippen LogP contribution in [0.1, 0.15) is 26.7 Å².